The molecule has 30 heavy (non-hydrogen) atoms. The van der Waals surface area contributed by atoms with Crippen molar-refractivity contribution in [3.05, 3.63) is 53.6 Å². The first-order chi connectivity index (χ1) is 14.5. The summed E-state index contributed by atoms with van der Waals surface area (Å²) in [5.41, 5.74) is 2.17. The molecule has 0 fully saturated rings. The molecule has 7 nitrogen and oxygen atoms in total. The van der Waals surface area contributed by atoms with Gasteiger partial charge in [-0.25, -0.2) is 4.99 Å². The average molecular weight is 415 g/mol. The molecule has 0 aliphatic carbocycles. The number of ether oxygens (including phenoxy) is 3. The summed E-state index contributed by atoms with van der Waals surface area (Å²) in [7, 11) is 9.09. The van der Waals surface area contributed by atoms with Gasteiger partial charge in [0.05, 0.1) is 33.9 Å². The van der Waals surface area contributed by atoms with Crippen molar-refractivity contribution < 1.29 is 14.2 Å². The molecule has 0 spiro atoms. The van der Waals surface area contributed by atoms with E-state index >= 15 is 0 Å². The first kappa shape index (κ1) is 23.3. The van der Waals surface area contributed by atoms with Crippen LogP contribution in [0.5, 0.6) is 17.2 Å². The number of hydrogen-bond acceptors (Lipinski definition) is 5. The fourth-order valence-electron chi connectivity index (χ4n) is 3.19. The minimum Gasteiger partial charge on any atom is -0.496 e. The van der Waals surface area contributed by atoms with E-state index < -0.39 is 0 Å². The van der Waals surface area contributed by atoms with E-state index in [9.17, 15) is 0 Å². The number of hydrogen-bond donors (Lipinski definition) is 2. The molecule has 0 aliphatic heterocycles. The minimum atomic E-state index is 0.125. The molecular formula is C23H34N4O3. The summed E-state index contributed by atoms with van der Waals surface area (Å²) in [4.78, 5) is 6.89. The van der Waals surface area contributed by atoms with E-state index in [1.54, 1.807) is 21.3 Å². The molecule has 2 aromatic carbocycles. The first-order valence-electron chi connectivity index (χ1n) is 10.1. The second-order valence-electron chi connectivity index (χ2n) is 6.98. The number of para-hydroxylation sites is 1. The van der Waals surface area contributed by atoms with Crippen LogP contribution in [-0.2, 0) is 6.54 Å². The Hall–Kier alpha value is -2.93. The third-order valence-corrected chi connectivity index (χ3v) is 4.82. The average Bonchev–Trinajstić information content (AvgIpc) is 2.77. The van der Waals surface area contributed by atoms with Crippen molar-refractivity contribution in [1.82, 2.24) is 15.5 Å². The largest absolute Gasteiger partial charge is 0.496 e. The lowest BCUT2D eigenvalue weighted by atomic mass is 10.1. The van der Waals surface area contributed by atoms with Crippen molar-refractivity contribution >= 4 is 5.96 Å². The molecule has 2 N–H and O–H groups in total. The Morgan fingerprint density at radius 3 is 2.27 bits per heavy atom. The van der Waals surface area contributed by atoms with Crippen LogP contribution in [0.25, 0.3) is 0 Å². The SMILES string of the molecule is CCNC(=NCc1ccccc1OC)NCC(c1ccc(OC)c(OC)c1)N(C)C. The van der Waals surface area contributed by atoms with E-state index in [1.807, 2.05) is 36.4 Å². The van der Waals surface area contributed by atoms with Crippen molar-refractivity contribution in [1.29, 1.82) is 0 Å². The molecule has 7 heteroatoms. The predicted molar refractivity (Wildman–Crippen MR) is 122 cm³/mol. The zero-order valence-electron chi connectivity index (χ0n) is 18.9. The number of nitrogens with one attached hydrogen (secondary N) is 2. The quantitative estimate of drug-likeness (QED) is 0.460. The molecule has 164 valence electrons. The van der Waals surface area contributed by atoms with Gasteiger partial charge in [-0.3, -0.25) is 0 Å². The van der Waals surface area contributed by atoms with Gasteiger partial charge in [0, 0.05) is 18.7 Å². The first-order valence-corrected chi connectivity index (χ1v) is 10.1. The predicted octanol–water partition coefficient (Wildman–Crippen LogP) is 3.07. The zero-order valence-corrected chi connectivity index (χ0v) is 18.9. The van der Waals surface area contributed by atoms with Crippen LogP contribution in [0.1, 0.15) is 24.1 Å². The molecule has 0 saturated heterocycles. The van der Waals surface area contributed by atoms with Crippen LogP contribution in [0.2, 0.25) is 0 Å². The topological polar surface area (TPSA) is 67.4 Å². The fraction of sp³-hybridized carbons (Fsp3) is 0.435. The monoisotopic (exact) mass is 414 g/mol. The summed E-state index contributed by atoms with van der Waals surface area (Å²) >= 11 is 0. The van der Waals surface area contributed by atoms with Gasteiger partial charge in [0.25, 0.3) is 0 Å². The van der Waals surface area contributed by atoms with Crippen molar-refractivity contribution in [2.24, 2.45) is 4.99 Å². The van der Waals surface area contributed by atoms with E-state index in [0.717, 1.165) is 40.9 Å². The summed E-state index contributed by atoms with van der Waals surface area (Å²) in [6.45, 7) is 4.04. The highest BCUT2D eigenvalue weighted by Gasteiger charge is 2.17. The number of guanidine groups is 1. The van der Waals surface area contributed by atoms with Crippen LogP contribution in [0.3, 0.4) is 0 Å². The molecular weight excluding hydrogens is 380 g/mol. The number of benzene rings is 2. The summed E-state index contributed by atoms with van der Waals surface area (Å²) in [5, 5.41) is 6.77. The molecule has 2 aromatic rings. The van der Waals surface area contributed by atoms with Gasteiger partial charge in [0.1, 0.15) is 5.75 Å². The maximum atomic E-state index is 5.47. The van der Waals surface area contributed by atoms with Crippen molar-refractivity contribution in [2.45, 2.75) is 19.5 Å². The Morgan fingerprint density at radius 2 is 1.63 bits per heavy atom. The van der Waals surface area contributed by atoms with E-state index in [2.05, 4.69) is 42.6 Å². The summed E-state index contributed by atoms with van der Waals surface area (Å²) in [5.74, 6) is 3.04. The number of likely N-dealkylation sites (N-methyl/N-ethyl adjacent to an activating group) is 1. The van der Waals surface area contributed by atoms with E-state index in [-0.39, 0.29) is 6.04 Å². The smallest absolute Gasteiger partial charge is 0.191 e. The van der Waals surface area contributed by atoms with Gasteiger partial charge < -0.3 is 29.7 Å². The van der Waals surface area contributed by atoms with Crippen LogP contribution in [0, 0.1) is 0 Å². The Kier molecular flexibility index (Phi) is 9.28. The van der Waals surface area contributed by atoms with Gasteiger partial charge in [-0.05, 0) is 44.8 Å². The molecule has 1 unspecified atom stereocenters. The normalized spacial score (nSPS) is 12.4. The molecule has 0 aliphatic rings. The number of rotatable bonds is 10. The fourth-order valence-corrected chi connectivity index (χ4v) is 3.19. The molecule has 0 radical (unpaired) electrons. The lowest BCUT2D eigenvalue weighted by Crippen LogP contribution is -2.41. The maximum absolute atomic E-state index is 5.47. The van der Waals surface area contributed by atoms with E-state index in [1.165, 1.54) is 0 Å². The van der Waals surface area contributed by atoms with Gasteiger partial charge in [-0.2, -0.15) is 0 Å². The van der Waals surface area contributed by atoms with Gasteiger partial charge in [-0.1, -0.05) is 24.3 Å². The van der Waals surface area contributed by atoms with Crippen LogP contribution in [0.15, 0.2) is 47.5 Å². The number of aliphatic imine (C=N–C) groups is 1. The summed E-state index contributed by atoms with van der Waals surface area (Å²) in [6, 6.07) is 14.1. The molecule has 0 bridgehead atoms. The third kappa shape index (κ3) is 6.29. The minimum absolute atomic E-state index is 0.125. The number of methoxy groups -OCH3 is 3. The molecule has 0 amide bonds. The highest BCUT2D eigenvalue weighted by Crippen LogP contribution is 2.31. The molecule has 0 saturated carbocycles. The molecule has 2 rings (SSSR count). The summed E-state index contributed by atoms with van der Waals surface area (Å²) in [6.07, 6.45) is 0. The summed E-state index contributed by atoms with van der Waals surface area (Å²) < 4.78 is 16.3. The Labute approximate surface area is 180 Å². The second-order valence-corrected chi connectivity index (χ2v) is 6.98. The van der Waals surface area contributed by atoms with Crippen LogP contribution >= 0.6 is 0 Å². The van der Waals surface area contributed by atoms with Crippen LogP contribution in [0.4, 0.5) is 0 Å². The third-order valence-electron chi connectivity index (χ3n) is 4.82. The molecule has 1 atom stereocenters. The second kappa shape index (κ2) is 11.9. The molecule has 0 heterocycles. The highest BCUT2D eigenvalue weighted by atomic mass is 16.5. The number of nitrogens with zero attached hydrogens (tertiary/aromatic N) is 2. The Morgan fingerprint density at radius 1 is 0.933 bits per heavy atom. The maximum Gasteiger partial charge on any atom is 0.191 e. The van der Waals surface area contributed by atoms with E-state index in [4.69, 9.17) is 19.2 Å². The standard InChI is InChI=1S/C23H34N4O3/c1-7-24-23(25-15-18-10-8-9-11-20(18)28-4)26-16-19(27(2)3)17-12-13-21(29-5)22(14-17)30-6/h8-14,19H,7,15-16H2,1-6H3,(H2,24,25,26). The lowest BCUT2D eigenvalue weighted by molar-refractivity contribution is 0.295. The zero-order chi connectivity index (χ0) is 21.9. The Bertz CT molecular complexity index is 824. The van der Waals surface area contributed by atoms with E-state index in [0.29, 0.717) is 13.1 Å². The highest BCUT2D eigenvalue weighted by molar-refractivity contribution is 5.79. The van der Waals surface area contributed by atoms with Crippen LogP contribution < -0.4 is 24.8 Å². The van der Waals surface area contributed by atoms with Gasteiger partial charge in [0.2, 0.25) is 0 Å². The molecule has 0 aromatic heterocycles. The lowest BCUT2D eigenvalue weighted by Gasteiger charge is -2.26. The van der Waals surface area contributed by atoms with Crippen molar-refractivity contribution in [3.8, 4) is 17.2 Å². The Balaban J connectivity index is 2.15. The van der Waals surface area contributed by atoms with Gasteiger partial charge >= 0.3 is 0 Å². The van der Waals surface area contributed by atoms with Gasteiger partial charge in [-0.15, -0.1) is 0 Å². The van der Waals surface area contributed by atoms with Crippen molar-refractivity contribution in [2.75, 3.05) is 48.5 Å². The van der Waals surface area contributed by atoms with Crippen molar-refractivity contribution in [3.63, 3.8) is 0 Å². The van der Waals surface area contributed by atoms with Crippen LogP contribution in [-0.4, -0.2) is 59.4 Å². The van der Waals surface area contributed by atoms with Gasteiger partial charge in [0.15, 0.2) is 17.5 Å².